The molecule has 2 saturated heterocycles. The molecule has 0 bridgehead atoms. The Morgan fingerprint density at radius 2 is 2.33 bits per heavy atom. The molecule has 1 aromatic rings. The van der Waals surface area contributed by atoms with Gasteiger partial charge in [0.2, 0.25) is 5.91 Å². The molecule has 0 aliphatic carbocycles. The van der Waals surface area contributed by atoms with Gasteiger partial charge < -0.3 is 10.6 Å². The second kappa shape index (κ2) is 6.30. The highest BCUT2D eigenvalue weighted by Crippen LogP contribution is 2.25. The van der Waals surface area contributed by atoms with Gasteiger partial charge in [-0.15, -0.1) is 0 Å². The van der Waals surface area contributed by atoms with Gasteiger partial charge in [0.15, 0.2) is 0 Å². The number of fused-ring (bicyclic) bond motifs is 1. The van der Waals surface area contributed by atoms with Crippen molar-refractivity contribution in [2.45, 2.75) is 18.9 Å². The Labute approximate surface area is 128 Å². The van der Waals surface area contributed by atoms with E-state index >= 15 is 0 Å². The molecule has 0 spiro atoms. The summed E-state index contributed by atoms with van der Waals surface area (Å²) in [6.07, 6.45) is 2.28. The Balaban J connectivity index is 1.54. The lowest BCUT2D eigenvalue weighted by atomic mass is 9.93. The van der Waals surface area contributed by atoms with E-state index in [0.717, 1.165) is 26.1 Å². The number of nitrogens with one attached hydrogen (secondary N) is 2. The summed E-state index contributed by atoms with van der Waals surface area (Å²) in [4.78, 5) is 14.3. The molecule has 21 heavy (non-hydrogen) atoms. The first-order valence-corrected chi connectivity index (χ1v) is 7.70. The van der Waals surface area contributed by atoms with Crippen LogP contribution in [0, 0.1) is 11.7 Å². The highest BCUT2D eigenvalue weighted by molar-refractivity contribution is 6.33. The van der Waals surface area contributed by atoms with E-state index < -0.39 is 5.82 Å². The van der Waals surface area contributed by atoms with Crippen LogP contribution >= 0.6 is 11.6 Å². The van der Waals surface area contributed by atoms with Crippen molar-refractivity contribution in [1.29, 1.82) is 0 Å². The number of hydrogen-bond donors (Lipinski definition) is 2. The second-order valence-corrected chi connectivity index (χ2v) is 6.21. The van der Waals surface area contributed by atoms with Crippen LogP contribution in [0.5, 0.6) is 0 Å². The van der Waals surface area contributed by atoms with E-state index in [1.165, 1.54) is 24.6 Å². The summed E-state index contributed by atoms with van der Waals surface area (Å²) in [6.45, 7) is 3.33. The molecule has 3 rings (SSSR count). The zero-order chi connectivity index (χ0) is 14.8. The quantitative estimate of drug-likeness (QED) is 0.898. The Kier molecular flexibility index (Phi) is 4.42. The number of rotatable bonds is 3. The maximum Gasteiger partial charge on any atom is 0.238 e. The minimum atomic E-state index is -0.409. The minimum absolute atomic E-state index is 0.104. The number of benzene rings is 1. The number of hydrogen-bond acceptors (Lipinski definition) is 3. The Hall–Kier alpha value is -1.17. The van der Waals surface area contributed by atoms with E-state index in [4.69, 9.17) is 11.6 Å². The van der Waals surface area contributed by atoms with Crippen molar-refractivity contribution in [2.24, 2.45) is 5.92 Å². The first kappa shape index (κ1) is 14.8. The van der Waals surface area contributed by atoms with Crippen LogP contribution in [-0.2, 0) is 4.79 Å². The second-order valence-electron chi connectivity index (χ2n) is 5.81. The third-order valence-electron chi connectivity index (χ3n) is 4.31. The van der Waals surface area contributed by atoms with Crippen molar-refractivity contribution in [2.75, 3.05) is 31.5 Å². The first-order valence-electron chi connectivity index (χ1n) is 7.32. The highest BCUT2D eigenvalue weighted by atomic mass is 35.5. The highest BCUT2D eigenvalue weighted by Gasteiger charge is 2.32. The lowest BCUT2D eigenvalue weighted by molar-refractivity contribution is -0.117. The predicted octanol–water partition coefficient (Wildman–Crippen LogP) is 2.10. The van der Waals surface area contributed by atoms with Crippen molar-refractivity contribution < 1.29 is 9.18 Å². The SMILES string of the molecule is O=C(CN1CCC2NCCC2C1)Nc1ccc(F)cc1Cl. The molecule has 114 valence electrons. The maximum atomic E-state index is 13.0. The fourth-order valence-corrected chi connectivity index (χ4v) is 3.46. The van der Waals surface area contributed by atoms with Gasteiger partial charge in [0, 0.05) is 19.1 Å². The summed E-state index contributed by atoms with van der Waals surface area (Å²) in [5.74, 6) is 0.141. The van der Waals surface area contributed by atoms with Crippen molar-refractivity contribution >= 4 is 23.2 Å². The molecule has 0 radical (unpaired) electrons. The molecule has 2 fully saturated rings. The molecule has 6 heteroatoms. The Morgan fingerprint density at radius 1 is 1.48 bits per heavy atom. The van der Waals surface area contributed by atoms with Crippen LogP contribution < -0.4 is 10.6 Å². The van der Waals surface area contributed by atoms with Crippen molar-refractivity contribution in [3.8, 4) is 0 Å². The van der Waals surface area contributed by atoms with Gasteiger partial charge >= 0.3 is 0 Å². The topological polar surface area (TPSA) is 44.4 Å². The summed E-state index contributed by atoms with van der Waals surface area (Å²) < 4.78 is 13.0. The van der Waals surface area contributed by atoms with E-state index in [0.29, 0.717) is 24.2 Å². The van der Waals surface area contributed by atoms with Crippen molar-refractivity contribution in [1.82, 2.24) is 10.2 Å². The van der Waals surface area contributed by atoms with Crippen molar-refractivity contribution in [3.05, 3.63) is 29.0 Å². The number of nitrogens with zero attached hydrogens (tertiary/aromatic N) is 1. The zero-order valence-corrected chi connectivity index (χ0v) is 12.5. The molecule has 2 atom stereocenters. The van der Waals surface area contributed by atoms with Crippen LogP contribution in [0.1, 0.15) is 12.8 Å². The van der Waals surface area contributed by atoms with E-state index in [9.17, 15) is 9.18 Å². The molecule has 0 aromatic heterocycles. The number of carbonyl (C=O) groups excluding carboxylic acids is 1. The summed E-state index contributed by atoms with van der Waals surface area (Å²) in [5, 5.41) is 6.48. The van der Waals surface area contributed by atoms with Crippen LogP contribution in [0.3, 0.4) is 0 Å². The largest absolute Gasteiger partial charge is 0.324 e. The van der Waals surface area contributed by atoms with Gasteiger partial charge in [-0.1, -0.05) is 11.6 Å². The number of halogens is 2. The van der Waals surface area contributed by atoms with Gasteiger partial charge in [-0.3, -0.25) is 9.69 Å². The van der Waals surface area contributed by atoms with Crippen LogP contribution in [0.15, 0.2) is 18.2 Å². The molecule has 4 nitrogen and oxygen atoms in total. The third kappa shape index (κ3) is 3.54. The molecule has 1 aromatic carbocycles. The van der Waals surface area contributed by atoms with Gasteiger partial charge in [0.05, 0.1) is 17.3 Å². The van der Waals surface area contributed by atoms with Crippen molar-refractivity contribution in [3.63, 3.8) is 0 Å². The lowest BCUT2D eigenvalue weighted by Gasteiger charge is -2.34. The molecule has 2 heterocycles. The van der Waals surface area contributed by atoms with Crippen LogP contribution in [-0.4, -0.2) is 43.0 Å². The standard InChI is InChI=1S/C15H19ClFN3O/c16-12-7-11(17)1-2-14(12)19-15(21)9-20-6-4-13-10(8-20)3-5-18-13/h1-2,7,10,13,18H,3-6,8-9H2,(H,19,21). The van der Waals surface area contributed by atoms with Crippen LogP contribution in [0.4, 0.5) is 10.1 Å². The molecule has 2 unspecified atom stereocenters. The summed E-state index contributed by atoms with van der Waals surface area (Å²) in [5.41, 5.74) is 0.459. The summed E-state index contributed by atoms with van der Waals surface area (Å²) >= 11 is 5.91. The Morgan fingerprint density at radius 3 is 3.14 bits per heavy atom. The average Bonchev–Trinajstić information content (AvgIpc) is 2.89. The number of likely N-dealkylation sites (tertiary alicyclic amines) is 1. The fourth-order valence-electron chi connectivity index (χ4n) is 3.25. The van der Waals surface area contributed by atoms with Crippen LogP contribution in [0.25, 0.3) is 0 Å². The minimum Gasteiger partial charge on any atom is -0.324 e. The smallest absolute Gasteiger partial charge is 0.238 e. The zero-order valence-electron chi connectivity index (χ0n) is 11.7. The molecular formula is C15H19ClFN3O. The predicted molar refractivity (Wildman–Crippen MR) is 81.0 cm³/mol. The molecular weight excluding hydrogens is 293 g/mol. The molecule has 2 aliphatic heterocycles. The molecule has 2 aliphatic rings. The van der Waals surface area contributed by atoms with Crippen LogP contribution in [0.2, 0.25) is 5.02 Å². The van der Waals surface area contributed by atoms with E-state index in [2.05, 4.69) is 15.5 Å². The fraction of sp³-hybridized carbons (Fsp3) is 0.533. The van der Waals surface area contributed by atoms with E-state index in [-0.39, 0.29) is 10.9 Å². The lowest BCUT2D eigenvalue weighted by Crippen LogP contribution is -2.46. The average molecular weight is 312 g/mol. The third-order valence-corrected chi connectivity index (χ3v) is 4.62. The molecule has 2 N–H and O–H groups in total. The van der Waals surface area contributed by atoms with Gasteiger partial charge in [-0.2, -0.15) is 0 Å². The van der Waals surface area contributed by atoms with Gasteiger partial charge in [-0.05, 0) is 43.5 Å². The van der Waals surface area contributed by atoms with E-state index in [1.807, 2.05) is 0 Å². The molecule has 0 saturated carbocycles. The number of piperidine rings is 1. The normalized spacial score (nSPS) is 25.6. The van der Waals surface area contributed by atoms with Gasteiger partial charge in [0.1, 0.15) is 5.82 Å². The summed E-state index contributed by atoms with van der Waals surface area (Å²) in [6, 6.07) is 4.60. The van der Waals surface area contributed by atoms with Gasteiger partial charge in [0.25, 0.3) is 0 Å². The number of carbonyl (C=O) groups is 1. The summed E-state index contributed by atoms with van der Waals surface area (Å²) in [7, 11) is 0. The number of anilines is 1. The number of amides is 1. The monoisotopic (exact) mass is 311 g/mol. The van der Waals surface area contributed by atoms with Gasteiger partial charge in [-0.25, -0.2) is 4.39 Å². The molecule has 1 amide bonds. The first-order chi connectivity index (χ1) is 10.1. The Bertz CT molecular complexity index is 540. The maximum absolute atomic E-state index is 13.0. The van der Waals surface area contributed by atoms with E-state index in [1.54, 1.807) is 0 Å².